The Hall–Kier alpha value is -2.90. The minimum Gasteiger partial charge on any atom is -0.466 e. The third kappa shape index (κ3) is 3.12. The quantitative estimate of drug-likeness (QED) is 0.617. The van der Waals surface area contributed by atoms with Crippen molar-refractivity contribution < 1.29 is 13.9 Å². The van der Waals surface area contributed by atoms with Gasteiger partial charge in [0.25, 0.3) is 5.56 Å². The van der Waals surface area contributed by atoms with Crippen LogP contribution in [0.25, 0.3) is 6.08 Å². The highest BCUT2D eigenvalue weighted by Gasteiger charge is 2.33. The molecule has 3 heterocycles. The van der Waals surface area contributed by atoms with E-state index in [0.717, 1.165) is 5.56 Å². The molecule has 0 spiro atoms. The maximum atomic E-state index is 13.2. The summed E-state index contributed by atoms with van der Waals surface area (Å²) in [5, 5.41) is 0.564. The molecule has 3 aromatic rings. The summed E-state index contributed by atoms with van der Waals surface area (Å²) in [4.78, 5) is 30.7. The van der Waals surface area contributed by atoms with Gasteiger partial charge in [0, 0.05) is 11.1 Å². The van der Waals surface area contributed by atoms with Crippen LogP contribution in [0, 0.1) is 0 Å². The van der Waals surface area contributed by atoms with E-state index in [1.54, 1.807) is 55.7 Å². The monoisotopic (exact) mass is 414 g/mol. The van der Waals surface area contributed by atoms with Gasteiger partial charge < -0.3 is 9.15 Å². The van der Waals surface area contributed by atoms with Crippen molar-refractivity contribution in [2.24, 2.45) is 4.99 Å². The van der Waals surface area contributed by atoms with Gasteiger partial charge in [0.2, 0.25) is 0 Å². The second kappa shape index (κ2) is 7.26. The lowest BCUT2D eigenvalue weighted by atomic mass is 9.96. The van der Waals surface area contributed by atoms with E-state index in [2.05, 4.69) is 4.99 Å². The van der Waals surface area contributed by atoms with Crippen LogP contribution in [0.1, 0.15) is 24.3 Å². The highest BCUT2D eigenvalue weighted by Crippen LogP contribution is 2.31. The topological polar surface area (TPSA) is 73.8 Å². The fraction of sp³-hybridized carbons (Fsp3) is 0.150. The Bertz CT molecular complexity index is 1250. The molecule has 1 aliphatic heterocycles. The van der Waals surface area contributed by atoms with Crippen LogP contribution in [-0.2, 0) is 9.53 Å². The van der Waals surface area contributed by atoms with Crippen LogP contribution in [0.5, 0.6) is 0 Å². The zero-order chi connectivity index (χ0) is 19.8. The number of fused-ring (bicyclic) bond motifs is 1. The van der Waals surface area contributed by atoms with Gasteiger partial charge in [-0.25, -0.2) is 9.79 Å². The second-order valence-corrected chi connectivity index (χ2v) is 7.59. The highest BCUT2D eigenvalue weighted by molar-refractivity contribution is 7.07. The molecule has 1 atom stereocenters. The first-order chi connectivity index (χ1) is 13.5. The van der Waals surface area contributed by atoms with E-state index in [4.69, 9.17) is 20.8 Å². The molecular formula is C20H15ClN2O4S. The predicted octanol–water partition coefficient (Wildman–Crippen LogP) is 2.65. The average molecular weight is 415 g/mol. The summed E-state index contributed by atoms with van der Waals surface area (Å²) in [5.74, 6) is 0.0405. The molecule has 28 heavy (non-hydrogen) atoms. The highest BCUT2D eigenvalue weighted by atomic mass is 35.5. The van der Waals surface area contributed by atoms with Crippen LogP contribution >= 0.6 is 22.9 Å². The number of carbonyl (C=O) groups is 1. The van der Waals surface area contributed by atoms with Crippen molar-refractivity contribution >= 4 is 35.0 Å². The molecule has 0 saturated heterocycles. The van der Waals surface area contributed by atoms with Crippen molar-refractivity contribution in [2.75, 3.05) is 7.11 Å². The molecule has 2 aromatic heterocycles. The van der Waals surface area contributed by atoms with Crippen LogP contribution in [0.4, 0.5) is 0 Å². The average Bonchev–Trinajstić information content (AvgIpc) is 3.29. The molecule has 0 saturated carbocycles. The number of allylic oxidation sites excluding steroid dienone is 1. The van der Waals surface area contributed by atoms with Crippen molar-refractivity contribution in [3.63, 3.8) is 0 Å². The summed E-state index contributed by atoms with van der Waals surface area (Å²) in [6.45, 7) is 1.73. The fourth-order valence-electron chi connectivity index (χ4n) is 3.16. The minimum absolute atomic E-state index is 0.256. The number of benzene rings is 1. The molecule has 0 unspecified atom stereocenters. The van der Waals surface area contributed by atoms with E-state index in [-0.39, 0.29) is 5.56 Å². The molecule has 1 aromatic carbocycles. The smallest absolute Gasteiger partial charge is 0.338 e. The molecular weight excluding hydrogens is 400 g/mol. The third-order valence-electron chi connectivity index (χ3n) is 4.43. The van der Waals surface area contributed by atoms with Gasteiger partial charge in [-0.3, -0.25) is 9.36 Å². The number of hydrogen-bond acceptors (Lipinski definition) is 6. The van der Waals surface area contributed by atoms with E-state index in [1.807, 2.05) is 0 Å². The molecule has 4 rings (SSSR count). The van der Waals surface area contributed by atoms with Crippen LogP contribution in [-0.4, -0.2) is 17.6 Å². The Kier molecular flexibility index (Phi) is 4.78. The lowest BCUT2D eigenvalue weighted by Gasteiger charge is -2.24. The fourth-order valence-corrected chi connectivity index (χ4v) is 4.31. The Labute approximate surface area is 168 Å². The summed E-state index contributed by atoms with van der Waals surface area (Å²) in [7, 11) is 1.31. The first-order valence-electron chi connectivity index (χ1n) is 8.39. The molecule has 0 radical (unpaired) electrons. The van der Waals surface area contributed by atoms with E-state index >= 15 is 0 Å². The van der Waals surface area contributed by atoms with Gasteiger partial charge in [-0.1, -0.05) is 35.1 Å². The number of methoxy groups -OCH3 is 1. The maximum Gasteiger partial charge on any atom is 0.338 e. The molecule has 0 N–H and O–H groups in total. The lowest BCUT2D eigenvalue weighted by Crippen LogP contribution is -2.39. The Balaban J connectivity index is 2.00. The summed E-state index contributed by atoms with van der Waals surface area (Å²) in [6, 6.07) is 9.88. The Morgan fingerprint density at radius 2 is 2.07 bits per heavy atom. The number of esters is 1. The summed E-state index contributed by atoms with van der Waals surface area (Å²) in [5.41, 5.74) is 1.32. The number of rotatable bonds is 3. The van der Waals surface area contributed by atoms with E-state index in [1.165, 1.54) is 23.0 Å². The molecule has 142 valence electrons. The molecule has 0 aliphatic carbocycles. The van der Waals surface area contributed by atoms with Crippen molar-refractivity contribution in [2.45, 2.75) is 13.0 Å². The largest absolute Gasteiger partial charge is 0.466 e. The van der Waals surface area contributed by atoms with Gasteiger partial charge in [0.15, 0.2) is 4.80 Å². The van der Waals surface area contributed by atoms with Gasteiger partial charge in [-0.05, 0) is 36.8 Å². The van der Waals surface area contributed by atoms with Gasteiger partial charge in [0.1, 0.15) is 5.76 Å². The van der Waals surface area contributed by atoms with Gasteiger partial charge in [0.05, 0.1) is 35.2 Å². The first-order valence-corrected chi connectivity index (χ1v) is 9.59. The van der Waals surface area contributed by atoms with Gasteiger partial charge in [-0.2, -0.15) is 0 Å². The Morgan fingerprint density at radius 3 is 2.71 bits per heavy atom. The van der Waals surface area contributed by atoms with Crippen molar-refractivity contribution in [1.29, 1.82) is 0 Å². The molecule has 0 fully saturated rings. The van der Waals surface area contributed by atoms with Gasteiger partial charge in [-0.15, -0.1) is 0 Å². The van der Waals surface area contributed by atoms with E-state index in [0.29, 0.717) is 31.4 Å². The number of thiazole rings is 1. The zero-order valence-electron chi connectivity index (χ0n) is 15.0. The normalized spacial score (nSPS) is 16.7. The molecule has 8 heteroatoms. The number of furan rings is 1. The number of aromatic nitrogens is 1. The standard InChI is InChI=1S/C20H15ClN2O4S/c1-11-16(19(25)26-2)17(12-5-7-13(21)8-6-12)23-18(24)15(28-20(23)22-11)10-14-4-3-9-27-14/h3-10,17H,1-2H3/b15-10+/t17-/m1/s1. The van der Waals surface area contributed by atoms with Crippen molar-refractivity contribution in [3.8, 4) is 0 Å². The predicted molar refractivity (Wildman–Crippen MR) is 106 cm³/mol. The first kappa shape index (κ1) is 18.5. The Morgan fingerprint density at radius 1 is 1.32 bits per heavy atom. The minimum atomic E-state index is -0.653. The van der Waals surface area contributed by atoms with Crippen LogP contribution in [0.3, 0.4) is 0 Å². The van der Waals surface area contributed by atoms with Crippen molar-refractivity contribution in [3.05, 3.63) is 90.0 Å². The van der Waals surface area contributed by atoms with Crippen LogP contribution in [0.15, 0.2) is 68.1 Å². The molecule has 0 bridgehead atoms. The van der Waals surface area contributed by atoms with E-state index in [9.17, 15) is 9.59 Å². The number of nitrogens with zero attached hydrogens (tertiary/aromatic N) is 2. The summed E-state index contributed by atoms with van der Waals surface area (Å²) < 4.78 is 12.3. The molecule has 0 amide bonds. The maximum absolute atomic E-state index is 13.2. The SMILES string of the molecule is COC(=O)C1=C(C)N=c2s/c(=C/c3ccco3)c(=O)n2[C@@H]1c1ccc(Cl)cc1. The van der Waals surface area contributed by atoms with E-state index < -0.39 is 12.0 Å². The van der Waals surface area contributed by atoms with Crippen LogP contribution < -0.4 is 14.9 Å². The molecule has 6 nitrogen and oxygen atoms in total. The van der Waals surface area contributed by atoms with Crippen LogP contribution in [0.2, 0.25) is 5.02 Å². The lowest BCUT2D eigenvalue weighted by molar-refractivity contribution is -0.136. The van der Waals surface area contributed by atoms with Gasteiger partial charge >= 0.3 is 5.97 Å². The second-order valence-electron chi connectivity index (χ2n) is 6.14. The zero-order valence-corrected chi connectivity index (χ0v) is 16.6. The number of ether oxygens (including phenoxy) is 1. The number of halogens is 1. The number of hydrogen-bond donors (Lipinski definition) is 0. The number of carbonyl (C=O) groups excluding carboxylic acids is 1. The van der Waals surface area contributed by atoms with Crippen molar-refractivity contribution in [1.82, 2.24) is 4.57 Å². The summed E-state index contributed by atoms with van der Waals surface area (Å²) in [6.07, 6.45) is 3.21. The summed E-state index contributed by atoms with van der Waals surface area (Å²) >= 11 is 7.26. The molecule has 1 aliphatic rings. The third-order valence-corrected chi connectivity index (χ3v) is 5.66.